The van der Waals surface area contributed by atoms with Crippen LogP contribution < -0.4 is 15.8 Å². The minimum atomic E-state index is -0.496. The second-order valence-corrected chi connectivity index (χ2v) is 6.17. The number of nitrogens with zero attached hydrogens (tertiary/aromatic N) is 2. The molecule has 3 N–H and O–H groups in total. The fourth-order valence-corrected chi connectivity index (χ4v) is 2.16. The van der Waals surface area contributed by atoms with Crippen molar-refractivity contribution in [2.24, 2.45) is 0 Å². The molecule has 1 aromatic rings. The smallest absolute Gasteiger partial charge is 0.407 e. The lowest BCUT2D eigenvalue weighted by Gasteiger charge is -2.31. The quantitative estimate of drug-likeness (QED) is 0.733. The Balaban J connectivity index is 1.80. The van der Waals surface area contributed by atoms with Gasteiger partial charge in [0.2, 0.25) is 0 Å². The van der Waals surface area contributed by atoms with E-state index in [4.69, 9.17) is 10.1 Å². The molecule has 2 rings (SSSR count). The van der Waals surface area contributed by atoms with Crippen LogP contribution in [0, 0.1) is 5.41 Å². The first-order valence-electron chi connectivity index (χ1n) is 7.33. The molecule has 1 aromatic heterocycles. The normalized spacial score (nSPS) is 14.5. The van der Waals surface area contributed by atoms with Gasteiger partial charge in [0, 0.05) is 31.4 Å². The number of fused-ring (bicyclic) bond motifs is 1. The summed E-state index contributed by atoms with van der Waals surface area (Å²) >= 11 is 0. The number of carbonyl (C=O) groups is 1. The molecule has 1 aliphatic rings. The lowest BCUT2D eigenvalue weighted by molar-refractivity contribution is 0.0528. The van der Waals surface area contributed by atoms with Crippen LogP contribution in [0.4, 0.5) is 10.5 Å². The Bertz CT molecular complexity index is 553. The molecule has 0 aliphatic carbocycles. The van der Waals surface area contributed by atoms with Gasteiger partial charge in [0.1, 0.15) is 5.60 Å². The summed E-state index contributed by atoms with van der Waals surface area (Å²) in [4.78, 5) is 15.8. The molecule has 7 heteroatoms. The number of nitrogens with one attached hydrogen (secondary N) is 3. The zero-order valence-corrected chi connectivity index (χ0v) is 13.3. The van der Waals surface area contributed by atoms with Gasteiger partial charge >= 0.3 is 6.09 Å². The van der Waals surface area contributed by atoms with Crippen molar-refractivity contribution in [3.8, 4) is 0 Å². The zero-order valence-electron chi connectivity index (χ0n) is 13.3. The van der Waals surface area contributed by atoms with Crippen LogP contribution in [-0.4, -0.2) is 42.0 Å². The number of carbonyl (C=O) groups excluding carboxylic acids is 1. The van der Waals surface area contributed by atoms with Crippen molar-refractivity contribution in [2.45, 2.75) is 32.8 Å². The monoisotopic (exact) mass is 305 g/mol. The van der Waals surface area contributed by atoms with E-state index in [0.29, 0.717) is 31.8 Å². The van der Waals surface area contributed by atoms with Crippen molar-refractivity contribution < 1.29 is 9.53 Å². The predicted molar refractivity (Wildman–Crippen MR) is 85.3 cm³/mol. The van der Waals surface area contributed by atoms with Crippen LogP contribution in [0.15, 0.2) is 18.3 Å². The highest BCUT2D eigenvalue weighted by Gasteiger charge is 2.20. The number of alkyl carbamates (subject to hydrolysis) is 1. The third-order valence-corrected chi connectivity index (χ3v) is 2.98. The maximum atomic E-state index is 11.5. The summed E-state index contributed by atoms with van der Waals surface area (Å²) in [5, 5.41) is 12.5. The first kappa shape index (κ1) is 16.2. The van der Waals surface area contributed by atoms with Gasteiger partial charge in [0.15, 0.2) is 0 Å². The molecule has 0 aromatic carbocycles. The highest BCUT2D eigenvalue weighted by molar-refractivity contribution is 5.91. The lowest BCUT2D eigenvalue weighted by Crippen LogP contribution is -2.48. The minimum Gasteiger partial charge on any atom is -0.444 e. The van der Waals surface area contributed by atoms with E-state index in [1.165, 1.54) is 0 Å². The molecule has 120 valence electrons. The van der Waals surface area contributed by atoms with Crippen LogP contribution in [0.3, 0.4) is 0 Å². The Hall–Kier alpha value is -2.15. The molecule has 0 bridgehead atoms. The third kappa shape index (κ3) is 4.70. The van der Waals surface area contributed by atoms with Crippen molar-refractivity contribution in [1.82, 2.24) is 15.7 Å². The summed E-state index contributed by atoms with van der Waals surface area (Å²) in [6.45, 7) is 6.98. The predicted octanol–water partition coefficient (Wildman–Crippen LogP) is 1.49. The third-order valence-electron chi connectivity index (χ3n) is 2.98. The van der Waals surface area contributed by atoms with Crippen molar-refractivity contribution in [1.29, 1.82) is 5.41 Å². The van der Waals surface area contributed by atoms with Gasteiger partial charge in [-0.1, -0.05) is 0 Å². The molecule has 0 saturated heterocycles. The molecule has 2 heterocycles. The zero-order chi connectivity index (χ0) is 16.2. The van der Waals surface area contributed by atoms with Crippen LogP contribution in [0.1, 0.15) is 26.5 Å². The number of hydrogen-bond acceptors (Lipinski definition) is 6. The number of rotatable bonds is 4. The van der Waals surface area contributed by atoms with Crippen molar-refractivity contribution in [3.63, 3.8) is 0 Å². The topological polar surface area (TPSA) is 90.3 Å². The van der Waals surface area contributed by atoms with E-state index in [9.17, 15) is 4.79 Å². The summed E-state index contributed by atoms with van der Waals surface area (Å²) in [5.41, 5.74) is 5.20. The SMILES string of the molecule is CC(C)(C)OC(=O)NCCNN1CC(=N)Cc2ncccc21. The molecule has 0 atom stereocenters. The van der Waals surface area contributed by atoms with Gasteiger partial charge < -0.3 is 20.5 Å². The van der Waals surface area contributed by atoms with E-state index >= 15 is 0 Å². The highest BCUT2D eigenvalue weighted by Crippen LogP contribution is 2.21. The van der Waals surface area contributed by atoms with Crippen LogP contribution in [-0.2, 0) is 11.2 Å². The Labute approximate surface area is 130 Å². The van der Waals surface area contributed by atoms with Crippen molar-refractivity contribution >= 4 is 17.5 Å². The van der Waals surface area contributed by atoms with Gasteiger partial charge in [-0.2, -0.15) is 0 Å². The molecule has 7 nitrogen and oxygen atoms in total. The van der Waals surface area contributed by atoms with E-state index in [-0.39, 0.29) is 0 Å². The van der Waals surface area contributed by atoms with Crippen LogP contribution >= 0.6 is 0 Å². The number of pyridine rings is 1. The Kier molecular flexibility index (Phi) is 4.97. The molecule has 1 amide bonds. The second-order valence-electron chi connectivity index (χ2n) is 6.17. The molecule has 0 saturated carbocycles. The molecule has 0 spiro atoms. The lowest BCUT2D eigenvalue weighted by atomic mass is 10.1. The van der Waals surface area contributed by atoms with E-state index in [0.717, 1.165) is 11.4 Å². The maximum Gasteiger partial charge on any atom is 0.407 e. The van der Waals surface area contributed by atoms with E-state index < -0.39 is 11.7 Å². The number of amides is 1. The van der Waals surface area contributed by atoms with Crippen molar-refractivity contribution in [2.75, 3.05) is 24.6 Å². The molecular weight excluding hydrogens is 282 g/mol. The fraction of sp³-hybridized carbons (Fsp3) is 0.533. The maximum absolute atomic E-state index is 11.5. The number of hydrazine groups is 1. The Morgan fingerprint density at radius 3 is 2.95 bits per heavy atom. The van der Waals surface area contributed by atoms with Gasteiger partial charge in [-0.25, -0.2) is 10.2 Å². The van der Waals surface area contributed by atoms with Gasteiger partial charge in [0.05, 0.1) is 17.9 Å². The van der Waals surface area contributed by atoms with Gasteiger partial charge in [-0.15, -0.1) is 0 Å². The minimum absolute atomic E-state index is 0.428. The number of hydrogen-bond donors (Lipinski definition) is 3. The summed E-state index contributed by atoms with van der Waals surface area (Å²) in [6, 6.07) is 3.85. The van der Waals surface area contributed by atoms with E-state index in [2.05, 4.69) is 15.7 Å². The van der Waals surface area contributed by atoms with Crippen LogP contribution in [0.5, 0.6) is 0 Å². The van der Waals surface area contributed by atoms with Gasteiger partial charge in [-0.3, -0.25) is 4.98 Å². The van der Waals surface area contributed by atoms with E-state index in [1.54, 1.807) is 6.20 Å². The summed E-state index contributed by atoms with van der Waals surface area (Å²) in [5.74, 6) is 0. The largest absolute Gasteiger partial charge is 0.444 e. The average Bonchev–Trinajstić information content (AvgIpc) is 2.41. The number of aromatic nitrogens is 1. The van der Waals surface area contributed by atoms with Gasteiger partial charge in [0.25, 0.3) is 0 Å². The van der Waals surface area contributed by atoms with Crippen LogP contribution in [0.2, 0.25) is 0 Å². The number of ether oxygens (including phenoxy) is 1. The van der Waals surface area contributed by atoms with Crippen molar-refractivity contribution in [3.05, 3.63) is 24.0 Å². The molecule has 0 unspecified atom stereocenters. The summed E-state index contributed by atoms with van der Waals surface area (Å²) < 4.78 is 5.17. The fourth-order valence-electron chi connectivity index (χ4n) is 2.16. The molecule has 1 aliphatic heterocycles. The molecule has 0 fully saturated rings. The molecule has 22 heavy (non-hydrogen) atoms. The highest BCUT2D eigenvalue weighted by atomic mass is 16.6. The standard InChI is InChI=1S/C15H23N5O2/c1-15(2,3)22-14(21)18-7-8-19-20-10-11(16)9-12-13(20)5-4-6-17-12/h4-6,16,19H,7-10H2,1-3H3,(H,18,21). The summed E-state index contributed by atoms with van der Waals surface area (Å²) in [7, 11) is 0. The molecular formula is C15H23N5O2. The second kappa shape index (κ2) is 6.74. The van der Waals surface area contributed by atoms with Gasteiger partial charge in [-0.05, 0) is 32.9 Å². The average molecular weight is 305 g/mol. The first-order valence-corrected chi connectivity index (χ1v) is 7.33. The number of anilines is 1. The van der Waals surface area contributed by atoms with Crippen LogP contribution in [0.25, 0.3) is 0 Å². The molecule has 0 radical (unpaired) electrons. The first-order chi connectivity index (χ1) is 10.3. The van der Waals surface area contributed by atoms with E-state index in [1.807, 2.05) is 37.9 Å². The summed E-state index contributed by atoms with van der Waals surface area (Å²) in [6.07, 6.45) is 1.90. The Morgan fingerprint density at radius 2 is 2.23 bits per heavy atom. The Morgan fingerprint density at radius 1 is 1.45 bits per heavy atom.